The van der Waals surface area contributed by atoms with Crippen molar-refractivity contribution < 1.29 is 9.53 Å². The number of hydrogen-bond donors (Lipinski definition) is 2. The third kappa shape index (κ3) is 8.14. The highest BCUT2D eigenvalue weighted by Gasteiger charge is 2.10. The van der Waals surface area contributed by atoms with Crippen LogP contribution in [-0.4, -0.2) is 31.6 Å². The van der Waals surface area contributed by atoms with Crippen molar-refractivity contribution in [1.29, 1.82) is 0 Å². The van der Waals surface area contributed by atoms with Crippen molar-refractivity contribution in [1.82, 2.24) is 10.6 Å². The van der Waals surface area contributed by atoms with E-state index in [1.165, 1.54) is 38.5 Å². The first-order valence-electron chi connectivity index (χ1n) is 8.96. The largest absolute Gasteiger partial charge is 0.376 e. The summed E-state index contributed by atoms with van der Waals surface area (Å²) in [6, 6.07) is 10.7. The summed E-state index contributed by atoms with van der Waals surface area (Å²) < 4.78 is 5.53. The Morgan fingerprint density at radius 1 is 1.04 bits per heavy atom. The molecule has 0 atom stereocenters. The Morgan fingerprint density at radius 2 is 1.78 bits per heavy atom. The van der Waals surface area contributed by atoms with E-state index < -0.39 is 0 Å². The fourth-order valence-electron chi connectivity index (χ4n) is 2.98. The van der Waals surface area contributed by atoms with E-state index in [1.807, 2.05) is 30.3 Å². The van der Waals surface area contributed by atoms with Crippen molar-refractivity contribution in [3.63, 3.8) is 0 Å². The van der Waals surface area contributed by atoms with Gasteiger partial charge >= 0.3 is 0 Å². The SMILES string of the molecule is O=C(CCOCc1ccccc1)NCCNC1CCCCCC1. The minimum Gasteiger partial charge on any atom is -0.376 e. The van der Waals surface area contributed by atoms with Gasteiger partial charge in [0.15, 0.2) is 0 Å². The molecule has 0 radical (unpaired) electrons. The second-order valence-corrected chi connectivity index (χ2v) is 6.28. The first kappa shape index (κ1) is 18.0. The van der Waals surface area contributed by atoms with Gasteiger partial charge in [0, 0.05) is 25.6 Å². The van der Waals surface area contributed by atoms with Gasteiger partial charge in [-0.1, -0.05) is 56.0 Å². The van der Waals surface area contributed by atoms with Crippen molar-refractivity contribution in [2.45, 2.75) is 57.6 Å². The van der Waals surface area contributed by atoms with Gasteiger partial charge in [-0.25, -0.2) is 0 Å². The number of hydrogen-bond acceptors (Lipinski definition) is 3. The summed E-state index contributed by atoms with van der Waals surface area (Å²) >= 11 is 0. The maximum absolute atomic E-state index is 11.7. The molecule has 2 N–H and O–H groups in total. The Morgan fingerprint density at radius 3 is 2.52 bits per heavy atom. The molecular weight excluding hydrogens is 288 g/mol. The molecule has 0 aromatic heterocycles. The quantitative estimate of drug-likeness (QED) is 0.543. The molecule has 0 spiro atoms. The zero-order chi connectivity index (χ0) is 16.2. The van der Waals surface area contributed by atoms with Crippen molar-refractivity contribution in [2.75, 3.05) is 19.7 Å². The van der Waals surface area contributed by atoms with Gasteiger partial charge < -0.3 is 15.4 Å². The predicted molar refractivity (Wildman–Crippen MR) is 93.2 cm³/mol. The lowest BCUT2D eigenvalue weighted by Gasteiger charge is -2.16. The number of ether oxygens (including phenoxy) is 1. The van der Waals surface area contributed by atoms with Crippen LogP contribution in [0.3, 0.4) is 0 Å². The van der Waals surface area contributed by atoms with Crippen LogP contribution in [0, 0.1) is 0 Å². The van der Waals surface area contributed by atoms with Gasteiger partial charge in [-0.2, -0.15) is 0 Å². The Kier molecular flexibility index (Phi) is 8.74. The van der Waals surface area contributed by atoms with Crippen LogP contribution in [0.25, 0.3) is 0 Å². The van der Waals surface area contributed by atoms with Gasteiger partial charge in [0.05, 0.1) is 13.2 Å². The van der Waals surface area contributed by atoms with Gasteiger partial charge in [0.25, 0.3) is 0 Å². The summed E-state index contributed by atoms with van der Waals surface area (Å²) in [5, 5.41) is 6.51. The van der Waals surface area contributed by atoms with E-state index in [4.69, 9.17) is 4.74 Å². The normalized spacial score (nSPS) is 16.0. The molecule has 1 amide bonds. The number of nitrogens with one attached hydrogen (secondary N) is 2. The zero-order valence-corrected chi connectivity index (χ0v) is 14.1. The molecule has 1 aromatic rings. The number of rotatable bonds is 9. The maximum Gasteiger partial charge on any atom is 0.222 e. The molecule has 0 saturated heterocycles. The van der Waals surface area contributed by atoms with E-state index in [2.05, 4.69) is 10.6 Å². The first-order valence-corrected chi connectivity index (χ1v) is 8.96. The van der Waals surface area contributed by atoms with Gasteiger partial charge in [0.1, 0.15) is 0 Å². The maximum atomic E-state index is 11.7. The second-order valence-electron chi connectivity index (χ2n) is 6.28. The number of benzene rings is 1. The highest BCUT2D eigenvalue weighted by atomic mass is 16.5. The number of amides is 1. The van der Waals surface area contributed by atoms with Crippen molar-refractivity contribution in [3.05, 3.63) is 35.9 Å². The van der Waals surface area contributed by atoms with Crippen molar-refractivity contribution in [2.24, 2.45) is 0 Å². The highest BCUT2D eigenvalue weighted by molar-refractivity contribution is 5.75. The third-order valence-corrected chi connectivity index (χ3v) is 4.32. The smallest absolute Gasteiger partial charge is 0.222 e. The summed E-state index contributed by atoms with van der Waals surface area (Å²) in [5.74, 6) is 0.0701. The summed E-state index contributed by atoms with van der Waals surface area (Å²) in [6.07, 6.45) is 8.40. The molecule has 1 aliphatic carbocycles. The van der Waals surface area contributed by atoms with E-state index in [-0.39, 0.29) is 5.91 Å². The van der Waals surface area contributed by atoms with Crippen LogP contribution in [0.4, 0.5) is 0 Å². The predicted octanol–water partition coefficient (Wildman–Crippen LogP) is 3.02. The van der Waals surface area contributed by atoms with E-state index >= 15 is 0 Å². The average Bonchev–Trinajstić information content (AvgIpc) is 2.85. The highest BCUT2D eigenvalue weighted by Crippen LogP contribution is 2.16. The monoisotopic (exact) mass is 318 g/mol. The third-order valence-electron chi connectivity index (χ3n) is 4.32. The van der Waals surface area contributed by atoms with E-state index in [9.17, 15) is 4.79 Å². The van der Waals surface area contributed by atoms with Gasteiger partial charge in [-0.3, -0.25) is 4.79 Å². The van der Waals surface area contributed by atoms with E-state index in [0.29, 0.717) is 32.2 Å². The van der Waals surface area contributed by atoms with Crippen LogP contribution in [0.2, 0.25) is 0 Å². The minimum atomic E-state index is 0.0701. The lowest BCUT2D eigenvalue weighted by molar-refractivity contribution is -0.122. The summed E-state index contributed by atoms with van der Waals surface area (Å²) in [7, 11) is 0. The molecule has 1 aromatic carbocycles. The Hall–Kier alpha value is -1.39. The molecule has 4 nitrogen and oxygen atoms in total. The van der Waals surface area contributed by atoms with Gasteiger partial charge in [-0.05, 0) is 18.4 Å². The van der Waals surface area contributed by atoms with Crippen LogP contribution in [-0.2, 0) is 16.1 Å². The molecule has 0 unspecified atom stereocenters. The first-order chi connectivity index (χ1) is 11.3. The Balaban J connectivity index is 1.45. The minimum absolute atomic E-state index is 0.0701. The van der Waals surface area contributed by atoms with Crippen LogP contribution in [0.5, 0.6) is 0 Å². The molecule has 1 fully saturated rings. The van der Waals surface area contributed by atoms with E-state index in [1.54, 1.807) is 0 Å². The summed E-state index contributed by atoms with van der Waals surface area (Å²) in [6.45, 7) is 2.60. The Labute approximate surface area is 140 Å². The van der Waals surface area contributed by atoms with Crippen LogP contribution in [0.15, 0.2) is 30.3 Å². The van der Waals surface area contributed by atoms with Crippen molar-refractivity contribution in [3.8, 4) is 0 Å². The molecular formula is C19H30N2O2. The molecule has 0 bridgehead atoms. The molecule has 1 saturated carbocycles. The Bertz CT molecular complexity index is 428. The standard InChI is InChI=1S/C19H30N2O2/c22-19(12-15-23-16-17-8-4-3-5-9-17)21-14-13-20-18-10-6-1-2-7-11-18/h3-5,8-9,18,20H,1-2,6-7,10-16H2,(H,21,22). The van der Waals surface area contributed by atoms with Gasteiger partial charge in [-0.15, -0.1) is 0 Å². The fourth-order valence-corrected chi connectivity index (χ4v) is 2.98. The fraction of sp³-hybridized carbons (Fsp3) is 0.632. The van der Waals surface area contributed by atoms with Crippen LogP contribution >= 0.6 is 0 Å². The summed E-state index contributed by atoms with van der Waals surface area (Å²) in [5.41, 5.74) is 1.14. The lowest BCUT2D eigenvalue weighted by atomic mass is 10.1. The molecule has 0 heterocycles. The van der Waals surface area contributed by atoms with E-state index in [0.717, 1.165) is 12.1 Å². The molecule has 4 heteroatoms. The second kappa shape index (κ2) is 11.2. The zero-order valence-electron chi connectivity index (χ0n) is 14.1. The van der Waals surface area contributed by atoms with Crippen molar-refractivity contribution >= 4 is 5.91 Å². The average molecular weight is 318 g/mol. The molecule has 1 aliphatic rings. The lowest BCUT2D eigenvalue weighted by Crippen LogP contribution is -2.37. The van der Waals surface area contributed by atoms with Gasteiger partial charge in [0.2, 0.25) is 5.91 Å². The molecule has 0 aliphatic heterocycles. The van der Waals surface area contributed by atoms with Crippen LogP contribution in [0.1, 0.15) is 50.5 Å². The number of carbonyl (C=O) groups is 1. The topological polar surface area (TPSA) is 50.4 Å². The molecule has 2 rings (SSSR count). The molecule has 128 valence electrons. The number of carbonyl (C=O) groups excluding carboxylic acids is 1. The van der Waals surface area contributed by atoms with Crippen LogP contribution < -0.4 is 10.6 Å². The summed E-state index contributed by atoms with van der Waals surface area (Å²) in [4.78, 5) is 11.7. The molecule has 23 heavy (non-hydrogen) atoms.